The van der Waals surface area contributed by atoms with Crippen LogP contribution in [0.1, 0.15) is 75.1 Å². The summed E-state index contributed by atoms with van der Waals surface area (Å²) in [5, 5.41) is 16.5. The van der Waals surface area contributed by atoms with Crippen molar-refractivity contribution in [2.24, 2.45) is 16.7 Å². The van der Waals surface area contributed by atoms with E-state index in [9.17, 15) is 9.90 Å². The van der Waals surface area contributed by atoms with E-state index < -0.39 is 0 Å². The quantitative estimate of drug-likeness (QED) is 0.122. The number of nitrogens with one attached hydrogen (secondary N) is 2. The van der Waals surface area contributed by atoms with Crippen molar-refractivity contribution >= 4 is 23.1 Å². The maximum atomic E-state index is 11.3. The molecule has 1 spiro atoms. The number of piperidine rings is 1. The number of rotatable bonds is 17. The van der Waals surface area contributed by atoms with Gasteiger partial charge in [0, 0.05) is 68.1 Å². The lowest BCUT2D eigenvalue weighted by atomic mass is 9.61. The van der Waals surface area contributed by atoms with E-state index in [1.165, 1.54) is 30.9 Å². The van der Waals surface area contributed by atoms with E-state index in [0.717, 1.165) is 61.3 Å². The monoisotopic (exact) mass is 756 g/mol. The number of nitrogens with zero attached hydrogens (tertiary/aromatic N) is 2. The van der Waals surface area contributed by atoms with Crippen molar-refractivity contribution in [1.29, 1.82) is 0 Å². The predicted octanol–water partition coefficient (Wildman–Crippen LogP) is 7.53. The number of pyridine rings is 1. The minimum Gasteiger partial charge on any atom is -0.493 e. The molecule has 1 saturated heterocycles. The van der Waals surface area contributed by atoms with Gasteiger partial charge in [0.05, 0.1) is 24.3 Å². The minimum absolute atomic E-state index is 0.0578. The van der Waals surface area contributed by atoms with Crippen LogP contribution in [0, 0.1) is 23.7 Å². The Balaban J connectivity index is 1.06. The summed E-state index contributed by atoms with van der Waals surface area (Å²) in [4.78, 5) is 18.0. The third kappa shape index (κ3) is 10.0. The summed E-state index contributed by atoms with van der Waals surface area (Å²) < 4.78 is 19.2. The van der Waals surface area contributed by atoms with Gasteiger partial charge in [-0.25, -0.2) is 0 Å². The number of likely N-dealkylation sites (tertiary alicyclic amines) is 1. The number of hydrogen-bond donors (Lipinski definition) is 3. The summed E-state index contributed by atoms with van der Waals surface area (Å²) in [5.74, 6) is 2.27. The first-order chi connectivity index (χ1) is 26.0. The molecule has 3 aromatic rings. The molecule has 6 rings (SSSR count). The van der Waals surface area contributed by atoms with Crippen LogP contribution < -0.4 is 24.8 Å². The van der Waals surface area contributed by atoms with Crippen molar-refractivity contribution in [3.05, 3.63) is 100 Å². The van der Waals surface area contributed by atoms with Gasteiger partial charge in [0.1, 0.15) is 23.9 Å². The van der Waals surface area contributed by atoms with Crippen LogP contribution in [0.2, 0.25) is 5.02 Å². The number of aliphatic hydroxyl groups excluding tert-OH is 1. The number of carbonyl (C=O) groups is 1. The number of ether oxygens (including phenoxy) is 3. The Hall–Kier alpha value is -3.89. The number of allylic oxidation sites excluding steroid dienone is 3. The van der Waals surface area contributed by atoms with Gasteiger partial charge >= 0.3 is 0 Å². The van der Waals surface area contributed by atoms with Crippen molar-refractivity contribution < 1.29 is 24.1 Å². The lowest BCUT2D eigenvalue weighted by molar-refractivity contribution is -0.118. The van der Waals surface area contributed by atoms with Crippen LogP contribution in [0.4, 0.5) is 0 Å². The second kappa shape index (κ2) is 18.2. The van der Waals surface area contributed by atoms with Crippen LogP contribution in [0.5, 0.6) is 17.2 Å². The zero-order valence-corrected chi connectivity index (χ0v) is 33.1. The molecule has 0 bridgehead atoms. The largest absolute Gasteiger partial charge is 0.493 e. The first-order valence-corrected chi connectivity index (χ1v) is 19.9. The second-order valence-corrected chi connectivity index (χ2v) is 16.1. The number of halogens is 1. The van der Waals surface area contributed by atoms with Gasteiger partial charge in [-0.15, -0.1) is 0 Å². The highest BCUT2D eigenvalue weighted by molar-refractivity contribution is 6.32. The molecular weight excluding hydrogens is 700 g/mol. The highest BCUT2D eigenvalue weighted by Crippen LogP contribution is 2.49. The Morgan fingerprint density at radius 1 is 1.06 bits per heavy atom. The Bertz CT molecular complexity index is 1780. The average molecular weight is 757 g/mol. The lowest BCUT2D eigenvalue weighted by Gasteiger charge is -2.50. The van der Waals surface area contributed by atoms with Crippen molar-refractivity contribution in [1.82, 2.24) is 20.5 Å². The van der Waals surface area contributed by atoms with Gasteiger partial charge in [-0.3, -0.25) is 9.78 Å². The Morgan fingerprint density at radius 2 is 1.87 bits per heavy atom. The van der Waals surface area contributed by atoms with Gasteiger partial charge in [0.2, 0.25) is 5.91 Å². The van der Waals surface area contributed by atoms with E-state index in [2.05, 4.69) is 77.7 Å². The molecule has 2 aliphatic carbocycles. The van der Waals surface area contributed by atoms with Gasteiger partial charge in [0.25, 0.3) is 0 Å². The molecule has 2 aromatic carbocycles. The Labute approximate surface area is 326 Å². The van der Waals surface area contributed by atoms with Crippen molar-refractivity contribution in [2.45, 2.75) is 79.1 Å². The molecule has 0 radical (unpaired) electrons. The van der Waals surface area contributed by atoms with Crippen LogP contribution >= 0.6 is 11.6 Å². The standard InChI is InChI=1S/C44H57ClN4O5/c1-31-37(10-5-12-40(31)52-22-8-19-49-20-14-44(15-21-49)25-36(51)26-44)38-11-6-13-43(4,32(38)2)30-54-42-24-41(53-29-34-9-7-16-46-27-34)35(23-39(42)45)28-47-17-18-48-33(3)50/h5-7,9-13,16,23-24,27,32,36,47,51H,8,14-15,17-22,25-26,28-30H2,1-4H3,(H,48,50). The second-order valence-electron chi connectivity index (χ2n) is 15.7. The molecule has 2 heterocycles. The predicted molar refractivity (Wildman–Crippen MR) is 215 cm³/mol. The van der Waals surface area contributed by atoms with E-state index in [1.807, 2.05) is 24.3 Å². The van der Waals surface area contributed by atoms with E-state index in [1.54, 1.807) is 12.4 Å². The van der Waals surface area contributed by atoms with Crippen molar-refractivity contribution in [3.8, 4) is 17.2 Å². The molecule has 3 aliphatic rings. The molecule has 9 nitrogen and oxygen atoms in total. The fraction of sp³-hybridized carbons (Fsp3) is 0.500. The minimum atomic E-state index is -0.304. The first-order valence-electron chi connectivity index (χ1n) is 19.5. The normalized spacial score (nSPS) is 21.0. The third-order valence-corrected chi connectivity index (χ3v) is 12.0. The van der Waals surface area contributed by atoms with Gasteiger partial charge in [-0.05, 0) is 98.3 Å². The molecule has 1 saturated carbocycles. The van der Waals surface area contributed by atoms with Gasteiger partial charge in [-0.1, -0.05) is 61.9 Å². The maximum absolute atomic E-state index is 11.3. The van der Waals surface area contributed by atoms with Crippen LogP contribution in [0.3, 0.4) is 0 Å². The number of amides is 1. The smallest absolute Gasteiger partial charge is 0.216 e. The molecule has 3 N–H and O–H groups in total. The van der Waals surface area contributed by atoms with Crippen molar-refractivity contribution in [2.75, 3.05) is 45.9 Å². The zero-order chi connectivity index (χ0) is 38.1. The van der Waals surface area contributed by atoms with Crippen LogP contribution in [-0.4, -0.2) is 72.9 Å². The number of carbonyl (C=O) groups excluding carboxylic acids is 1. The van der Waals surface area contributed by atoms with Gasteiger partial charge in [0.15, 0.2) is 0 Å². The summed E-state index contributed by atoms with van der Waals surface area (Å²) in [6.07, 6.45) is 15.4. The summed E-state index contributed by atoms with van der Waals surface area (Å²) in [5.41, 5.74) is 5.56. The molecule has 2 atom stereocenters. The highest BCUT2D eigenvalue weighted by Gasteiger charge is 2.44. The molecule has 54 heavy (non-hydrogen) atoms. The number of aromatic nitrogens is 1. The summed E-state index contributed by atoms with van der Waals surface area (Å²) in [6.45, 7) is 14.6. The maximum Gasteiger partial charge on any atom is 0.216 e. The molecule has 2 fully saturated rings. The number of benzene rings is 2. The highest BCUT2D eigenvalue weighted by atomic mass is 35.5. The molecular formula is C44H57ClN4O5. The molecule has 10 heteroatoms. The first kappa shape index (κ1) is 39.8. The summed E-state index contributed by atoms with van der Waals surface area (Å²) in [7, 11) is 0. The Kier molecular flexibility index (Phi) is 13.4. The zero-order valence-electron chi connectivity index (χ0n) is 32.3. The molecule has 1 amide bonds. The van der Waals surface area contributed by atoms with Crippen LogP contribution in [-0.2, 0) is 17.9 Å². The van der Waals surface area contributed by atoms with Crippen LogP contribution in [0.15, 0.2) is 73.1 Å². The molecule has 1 aromatic heterocycles. The molecule has 2 unspecified atom stereocenters. The Morgan fingerprint density at radius 3 is 2.61 bits per heavy atom. The SMILES string of the molecule is CC(=O)NCCNCc1cc(Cl)c(OCC2(C)C=CC=C(c3cccc(OCCCN4CCC5(CC4)CC(O)C5)c3C)C2C)cc1OCc1cccnc1. The number of hydrogen-bond acceptors (Lipinski definition) is 8. The summed E-state index contributed by atoms with van der Waals surface area (Å²) >= 11 is 6.85. The van der Waals surface area contributed by atoms with Crippen molar-refractivity contribution in [3.63, 3.8) is 0 Å². The topological polar surface area (TPSA) is 105 Å². The van der Waals surface area contributed by atoms with E-state index in [0.29, 0.717) is 61.4 Å². The fourth-order valence-corrected chi connectivity index (χ4v) is 8.29. The fourth-order valence-electron chi connectivity index (χ4n) is 8.05. The third-order valence-electron chi connectivity index (χ3n) is 11.7. The lowest BCUT2D eigenvalue weighted by Crippen LogP contribution is -2.49. The average Bonchev–Trinajstić information content (AvgIpc) is 3.15. The number of aliphatic hydroxyl groups is 1. The van der Waals surface area contributed by atoms with Crippen LogP contribution in [0.25, 0.3) is 5.57 Å². The van der Waals surface area contributed by atoms with Gasteiger partial charge in [-0.2, -0.15) is 0 Å². The van der Waals surface area contributed by atoms with E-state index in [-0.39, 0.29) is 23.3 Å². The summed E-state index contributed by atoms with van der Waals surface area (Å²) in [6, 6.07) is 14.0. The van der Waals surface area contributed by atoms with Gasteiger partial charge < -0.3 is 34.9 Å². The molecule has 1 aliphatic heterocycles. The van der Waals surface area contributed by atoms with E-state index >= 15 is 0 Å². The van der Waals surface area contributed by atoms with E-state index in [4.69, 9.17) is 25.8 Å². The molecule has 290 valence electrons.